The summed E-state index contributed by atoms with van der Waals surface area (Å²) in [5.74, 6) is 0.191. The molecule has 0 radical (unpaired) electrons. The van der Waals surface area contributed by atoms with Crippen molar-refractivity contribution in [2.45, 2.75) is 54.7 Å². The van der Waals surface area contributed by atoms with E-state index in [0.717, 1.165) is 12.8 Å². The third-order valence-electron chi connectivity index (χ3n) is 4.90. The minimum atomic E-state index is -0.696. The van der Waals surface area contributed by atoms with Gasteiger partial charge in [-0.15, -0.1) is 0 Å². The Balaban J connectivity index is 2.24. The number of fused-ring (bicyclic) bond motifs is 6. The Morgan fingerprint density at radius 1 is 1.33 bits per heavy atom. The van der Waals surface area contributed by atoms with Crippen molar-refractivity contribution in [2.75, 3.05) is 0 Å². The molecule has 1 aliphatic carbocycles. The summed E-state index contributed by atoms with van der Waals surface area (Å²) in [6, 6.07) is 0. The fourth-order valence-corrected chi connectivity index (χ4v) is 4.72. The molecule has 0 aromatic rings. The lowest BCUT2D eigenvalue weighted by atomic mass is 9.71. The molecular formula is C12H17BrO2. The van der Waals surface area contributed by atoms with Gasteiger partial charge in [-0.25, -0.2) is 0 Å². The van der Waals surface area contributed by atoms with Gasteiger partial charge in [-0.1, -0.05) is 28.1 Å². The maximum Gasteiger partial charge on any atom is 0.103 e. The van der Waals surface area contributed by atoms with Crippen LogP contribution < -0.4 is 0 Å². The summed E-state index contributed by atoms with van der Waals surface area (Å²) in [7, 11) is 0. The van der Waals surface area contributed by atoms with Crippen molar-refractivity contribution in [1.82, 2.24) is 0 Å². The molecule has 2 aliphatic heterocycles. The first kappa shape index (κ1) is 10.3. The summed E-state index contributed by atoms with van der Waals surface area (Å²) in [6.07, 6.45) is 6.25. The molecule has 3 heteroatoms. The lowest BCUT2D eigenvalue weighted by Gasteiger charge is -2.55. The van der Waals surface area contributed by atoms with Gasteiger partial charge in [-0.3, -0.25) is 0 Å². The number of ether oxygens (including phenoxy) is 1. The normalized spacial score (nSPS) is 66.3. The molecule has 0 amide bonds. The van der Waals surface area contributed by atoms with Crippen molar-refractivity contribution < 1.29 is 9.84 Å². The van der Waals surface area contributed by atoms with Crippen LogP contribution in [-0.2, 0) is 4.74 Å². The van der Waals surface area contributed by atoms with E-state index in [1.54, 1.807) is 0 Å². The van der Waals surface area contributed by atoms with Crippen LogP contribution in [0.5, 0.6) is 0 Å². The minimum absolute atomic E-state index is 0.191. The van der Waals surface area contributed by atoms with Crippen LogP contribution >= 0.6 is 15.9 Å². The molecule has 0 spiro atoms. The minimum Gasteiger partial charge on any atom is -0.388 e. The first-order chi connectivity index (χ1) is 6.75. The third-order valence-corrected chi connectivity index (χ3v) is 6.89. The maximum absolute atomic E-state index is 10.8. The molecule has 2 heterocycles. The first-order valence-corrected chi connectivity index (χ1v) is 6.36. The van der Waals surface area contributed by atoms with Gasteiger partial charge >= 0.3 is 0 Å². The Morgan fingerprint density at radius 3 is 2.67 bits per heavy atom. The lowest BCUT2D eigenvalue weighted by molar-refractivity contribution is -0.213. The van der Waals surface area contributed by atoms with Crippen LogP contribution in [-0.4, -0.2) is 26.2 Å². The standard InChI is InChI=1S/C12H17BrO2/c1-9-6-7-10(2,15-9)12(13)5-4-8(9)11(12,3)14/h6-8,14H,4-5H2,1-3H3/t8-,9+,10-,11?,12+/m1/s1. The monoisotopic (exact) mass is 272 g/mol. The van der Waals surface area contributed by atoms with E-state index in [1.165, 1.54) is 0 Å². The van der Waals surface area contributed by atoms with Gasteiger partial charge in [-0.2, -0.15) is 0 Å². The zero-order valence-electron chi connectivity index (χ0n) is 9.38. The predicted octanol–water partition coefficient (Wildman–Crippen LogP) is 2.40. The van der Waals surface area contributed by atoms with Crippen molar-refractivity contribution >= 4 is 15.9 Å². The van der Waals surface area contributed by atoms with E-state index in [0.29, 0.717) is 0 Å². The van der Waals surface area contributed by atoms with Gasteiger partial charge in [0.2, 0.25) is 0 Å². The number of hydrogen-bond acceptors (Lipinski definition) is 2. The van der Waals surface area contributed by atoms with Gasteiger partial charge in [0.15, 0.2) is 0 Å². The Morgan fingerprint density at radius 2 is 2.00 bits per heavy atom. The number of halogens is 1. The highest BCUT2D eigenvalue weighted by molar-refractivity contribution is 9.10. The summed E-state index contributed by atoms with van der Waals surface area (Å²) in [4.78, 5) is 0. The van der Waals surface area contributed by atoms with Crippen LogP contribution in [0.3, 0.4) is 0 Å². The highest BCUT2D eigenvalue weighted by Crippen LogP contribution is 2.66. The van der Waals surface area contributed by atoms with Crippen LogP contribution in [0.2, 0.25) is 0 Å². The summed E-state index contributed by atoms with van der Waals surface area (Å²) in [5, 5.41) is 10.8. The van der Waals surface area contributed by atoms with Crippen molar-refractivity contribution in [2.24, 2.45) is 5.92 Å². The van der Waals surface area contributed by atoms with E-state index >= 15 is 0 Å². The Kier molecular flexibility index (Phi) is 1.62. The van der Waals surface area contributed by atoms with Crippen LogP contribution in [0.4, 0.5) is 0 Å². The summed E-state index contributed by atoms with van der Waals surface area (Å²) in [5.41, 5.74) is -1.36. The zero-order chi connectivity index (χ0) is 11.1. The van der Waals surface area contributed by atoms with Crippen molar-refractivity contribution in [3.8, 4) is 0 Å². The van der Waals surface area contributed by atoms with Gasteiger partial charge in [0.05, 0.1) is 15.5 Å². The number of alkyl halides is 1. The van der Waals surface area contributed by atoms with Gasteiger partial charge in [-0.05, 0) is 33.6 Å². The fourth-order valence-electron chi connectivity index (χ4n) is 4.00. The van der Waals surface area contributed by atoms with Crippen LogP contribution in [0.1, 0.15) is 33.6 Å². The van der Waals surface area contributed by atoms with Gasteiger partial charge in [0, 0.05) is 5.92 Å². The second kappa shape index (κ2) is 2.36. The Hall–Kier alpha value is 0.140. The molecule has 5 atom stereocenters. The molecule has 3 aliphatic rings. The van der Waals surface area contributed by atoms with Crippen LogP contribution in [0.15, 0.2) is 12.2 Å². The lowest BCUT2D eigenvalue weighted by Crippen LogP contribution is -2.67. The Bertz CT molecular complexity index is 365. The van der Waals surface area contributed by atoms with Gasteiger partial charge in [0.25, 0.3) is 0 Å². The molecule has 1 N–H and O–H groups in total. The molecule has 0 aromatic heterocycles. The molecular weight excluding hydrogens is 256 g/mol. The van der Waals surface area contributed by atoms with Gasteiger partial charge in [0.1, 0.15) is 5.60 Å². The molecule has 1 saturated carbocycles. The van der Waals surface area contributed by atoms with E-state index < -0.39 is 5.60 Å². The van der Waals surface area contributed by atoms with E-state index in [1.807, 2.05) is 6.92 Å². The molecule has 1 saturated heterocycles. The van der Waals surface area contributed by atoms with Crippen molar-refractivity contribution in [1.29, 1.82) is 0 Å². The van der Waals surface area contributed by atoms with E-state index in [9.17, 15) is 5.11 Å². The largest absolute Gasteiger partial charge is 0.388 e. The van der Waals surface area contributed by atoms with Gasteiger partial charge < -0.3 is 9.84 Å². The second-order valence-corrected chi connectivity index (χ2v) is 7.12. The number of rotatable bonds is 0. The molecule has 3 rings (SSSR count). The summed E-state index contributed by atoms with van der Waals surface area (Å²) >= 11 is 3.77. The van der Waals surface area contributed by atoms with E-state index in [4.69, 9.17) is 4.74 Å². The fraction of sp³-hybridized carbons (Fsp3) is 0.833. The SMILES string of the molecule is CC1(O)[C@@H]2CC[C@]1(Br)[C@@]1(C)C=C[C@]2(C)O1. The van der Waals surface area contributed by atoms with E-state index in [-0.39, 0.29) is 21.4 Å². The Labute approximate surface area is 98.8 Å². The third kappa shape index (κ3) is 0.863. The van der Waals surface area contributed by atoms with Crippen molar-refractivity contribution in [3.05, 3.63) is 12.2 Å². The second-order valence-electron chi connectivity index (χ2n) is 5.77. The molecule has 1 unspecified atom stereocenters. The van der Waals surface area contributed by atoms with Crippen LogP contribution in [0, 0.1) is 5.92 Å². The average molecular weight is 273 g/mol. The highest BCUT2D eigenvalue weighted by Gasteiger charge is 2.74. The first-order valence-electron chi connectivity index (χ1n) is 5.57. The highest BCUT2D eigenvalue weighted by atomic mass is 79.9. The van der Waals surface area contributed by atoms with Crippen LogP contribution in [0.25, 0.3) is 0 Å². The summed E-state index contributed by atoms with van der Waals surface area (Å²) in [6.45, 7) is 6.11. The number of aliphatic hydroxyl groups is 1. The predicted molar refractivity (Wildman–Crippen MR) is 62.0 cm³/mol. The smallest absolute Gasteiger partial charge is 0.103 e. The summed E-state index contributed by atoms with van der Waals surface area (Å²) < 4.78 is 5.85. The molecule has 2 nitrogen and oxygen atoms in total. The quantitative estimate of drug-likeness (QED) is 0.542. The van der Waals surface area contributed by atoms with E-state index in [2.05, 4.69) is 41.9 Å². The molecule has 2 fully saturated rings. The number of hydrogen-bond donors (Lipinski definition) is 1. The average Bonchev–Trinajstić information content (AvgIpc) is 2.49. The van der Waals surface area contributed by atoms with Crippen molar-refractivity contribution in [3.63, 3.8) is 0 Å². The maximum atomic E-state index is 10.8. The molecule has 84 valence electrons. The topological polar surface area (TPSA) is 29.5 Å². The molecule has 0 aromatic carbocycles. The zero-order valence-corrected chi connectivity index (χ0v) is 11.0. The molecule has 4 bridgehead atoms. The molecule has 15 heavy (non-hydrogen) atoms.